The smallest absolute Gasteiger partial charge is 0.273 e. The Morgan fingerprint density at radius 2 is 2.19 bits per heavy atom. The first-order chi connectivity index (χ1) is 9.81. The number of hydrogen-bond donors (Lipinski definition) is 2. The molecule has 8 heteroatoms. The lowest BCUT2D eigenvalue weighted by Crippen LogP contribution is -2.33. The third kappa shape index (κ3) is 5.22. The topological polar surface area (TPSA) is 89.5 Å². The molecule has 0 saturated carbocycles. The summed E-state index contributed by atoms with van der Waals surface area (Å²) in [6.07, 6.45) is 1.53. The highest BCUT2D eigenvalue weighted by Gasteiger charge is 2.14. The molecule has 116 valence electrons. The summed E-state index contributed by atoms with van der Waals surface area (Å²) in [5, 5.41) is 9.57. The number of nitrogens with one attached hydrogen (secondary N) is 2. The molecule has 0 saturated heterocycles. The van der Waals surface area contributed by atoms with Crippen LogP contribution in [0.3, 0.4) is 0 Å². The Balaban J connectivity index is 0.00000220. The molecule has 0 atom stereocenters. The largest absolute Gasteiger partial charge is 0.461 e. The van der Waals surface area contributed by atoms with E-state index in [4.69, 9.17) is 13.7 Å². The number of rotatable bonds is 8. The zero-order valence-corrected chi connectivity index (χ0v) is 12.4. The Morgan fingerprint density at radius 3 is 2.90 bits per heavy atom. The van der Waals surface area contributed by atoms with Gasteiger partial charge in [0.25, 0.3) is 5.91 Å². The summed E-state index contributed by atoms with van der Waals surface area (Å²) < 4.78 is 15.1. The number of carbonyl (C=O) groups excluding carboxylic acids is 1. The molecule has 2 aromatic rings. The van der Waals surface area contributed by atoms with Crippen molar-refractivity contribution < 1.29 is 18.5 Å². The summed E-state index contributed by atoms with van der Waals surface area (Å²) in [7, 11) is 1.64. The molecule has 0 aliphatic rings. The standard InChI is InChI=1S/C13H17N3O4.ClH/c1-18-8-6-14-4-5-15-13(17)10-9-12(20-16-10)11-3-2-7-19-11;/h2-3,7,9,14H,4-6,8H2,1H3,(H,15,17);1H. The van der Waals surface area contributed by atoms with Crippen LogP contribution in [0.1, 0.15) is 10.5 Å². The number of furan rings is 1. The average molecular weight is 316 g/mol. The predicted molar refractivity (Wildman–Crippen MR) is 78.5 cm³/mol. The van der Waals surface area contributed by atoms with Crippen LogP contribution >= 0.6 is 12.4 Å². The number of aromatic nitrogens is 1. The van der Waals surface area contributed by atoms with Crippen LogP contribution in [0.15, 0.2) is 33.4 Å². The fourth-order valence-corrected chi connectivity index (χ4v) is 1.57. The van der Waals surface area contributed by atoms with Gasteiger partial charge in [-0.1, -0.05) is 5.16 Å². The third-order valence-corrected chi connectivity index (χ3v) is 2.58. The van der Waals surface area contributed by atoms with E-state index in [1.54, 1.807) is 25.3 Å². The molecule has 0 radical (unpaired) electrons. The monoisotopic (exact) mass is 315 g/mol. The van der Waals surface area contributed by atoms with Gasteiger partial charge in [-0.15, -0.1) is 12.4 Å². The van der Waals surface area contributed by atoms with Crippen LogP contribution in [0, 0.1) is 0 Å². The van der Waals surface area contributed by atoms with E-state index >= 15 is 0 Å². The van der Waals surface area contributed by atoms with Crippen molar-refractivity contribution in [1.29, 1.82) is 0 Å². The molecular formula is C13H18ClN3O4. The SMILES string of the molecule is COCCNCCNC(=O)c1cc(-c2ccco2)on1.Cl. The van der Waals surface area contributed by atoms with Crippen molar-refractivity contribution in [2.24, 2.45) is 0 Å². The first-order valence-electron chi connectivity index (χ1n) is 6.29. The molecule has 0 aromatic carbocycles. The number of amides is 1. The second kappa shape index (κ2) is 9.17. The third-order valence-electron chi connectivity index (χ3n) is 2.58. The van der Waals surface area contributed by atoms with Gasteiger partial charge in [-0.25, -0.2) is 0 Å². The Kier molecular flexibility index (Phi) is 7.52. The Hall–Kier alpha value is -1.83. The molecule has 2 rings (SSSR count). The summed E-state index contributed by atoms with van der Waals surface area (Å²) in [4.78, 5) is 11.8. The van der Waals surface area contributed by atoms with Crippen molar-refractivity contribution in [3.63, 3.8) is 0 Å². The first kappa shape index (κ1) is 17.2. The van der Waals surface area contributed by atoms with E-state index in [2.05, 4.69) is 15.8 Å². The van der Waals surface area contributed by atoms with E-state index in [1.165, 1.54) is 6.26 Å². The first-order valence-corrected chi connectivity index (χ1v) is 6.29. The van der Waals surface area contributed by atoms with E-state index < -0.39 is 0 Å². The Bertz CT molecular complexity index is 527. The maximum absolute atomic E-state index is 11.8. The van der Waals surface area contributed by atoms with Crippen molar-refractivity contribution in [1.82, 2.24) is 15.8 Å². The van der Waals surface area contributed by atoms with Gasteiger partial charge in [-0.05, 0) is 12.1 Å². The Morgan fingerprint density at radius 1 is 1.33 bits per heavy atom. The van der Waals surface area contributed by atoms with Gasteiger partial charge in [0.2, 0.25) is 5.76 Å². The number of nitrogens with zero attached hydrogens (tertiary/aromatic N) is 1. The van der Waals surface area contributed by atoms with Crippen LogP contribution in [0.4, 0.5) is 0 Å². The van der Waals surface area contributed by atoms with Gasteiger partial charge >= 0.3 is 0 Å². The van der Waals surface area contributed by atoms with Crippen molar-refractivity contribution in [2.75, 3.05) is 33.4 Å². The molecular weight excluding hydrogens is 298 g/mol. The summed E-state index contributed by atoms with van der Waals surface area (Å²) in [6.45, 7) is 2.56. The second-order valence-electron chi connectivity index (χ2n) is 4.05. The number of ether oxygens (including phenoxy) is 1. The van der Waals surface area contributed by atoms with E-state index in [-0.39, 0.29) is 24.0 Å². The van der Waals surface area contributed by atoms with Crippen LogP contribution < -0.4 is 10.6 Å². The second-order valence-corrected chi connectivity index (χ2v) is 4.05. The zero-order chi connectivity index (χ0) is 14.2. The van der Waals surface area contributed by atoms with Crippen molar-refractivity contribution >= 4 is 18.3 Å². The van der Waals surface area contributed by atoms with Gasteiger partial charge in [0, 0.05) is 32.8 Å². The number of halogens is 1. The molecule has 0 fully saturated rings. The lowest BCUT2D eigenvalue weighted by atomic mass is 10.3. The van der Waals surface area contributed by atoms with E-state index in [9.17, 15) is 4.79 Å². The molecule has 7 nitrogen and oxygen atoms in total. The highest BCUT2D eigenvalue weighted by molar-refractivity contribution is 5.92. The van der Waals surface area contributed by atoms with Gasteiger partial charge in [-0.3, -0.25) is 4.79 Å². The van der Waals surface area contributed by atoms with Crippen LogP contribution in [0.5, 0.6) is 0 Å². The zero-order valence-electron chi connectivity index (χ0n) is 11.6. The number of methoxy groups -OCH3 is 1. The highest BCUT2D eigenvalue weighted by atomic mass is 35.5. The van der Waals surface area contributed by atoms with Crippen molar-refractivity contribution in [3.05, 3.63) is 30.2 Å². The molecule has 0 spiro atoms. The minimum atomic E-state index is -0.278. The summed E-state index contributed by atoms with van der Waals surface area (Å²) >= 11 is 0. The minimum Gasteiger partial charge on any atom is -0.461 e. The number of carbonyl (C=O) groups is 1. The van der Waals surface area contributed by atoms with E-state index in [0.717, 1.165) is 6.54 Å². The quantitative estimate of drug-likeness (QED) is 0.714. The maximum atomic E-state index is 11.8. The lowest BCUT2D eigenvalue weighted by molar-refractivity contribution is 0.0944. The molecule has 0 unspecified atom stereocenters. The van der Waals surface area contributed by atoms with Crippen molar-refractivity contribution in [3.8, 4) is 11.5 Å². The van der Waals surface area contributed by atoms with Gasteiger partial charge < -0.3 is 24.3 Å². The molecule has 21 heavy (non-hydrogen) atoms. The summed E-state index contributed by atoms with van der Waals surface area (Å²) in [5.41, 5.74) is 0.230. The normalized spacial score (nSPS) is 10.1. The maximum Gasteiger partial charge on any atom is 0.273 e. The van der Waals surface area contributed by atoms with Crippen molar-refractivity contribution in [2.45, 2.75) is 0 Å². The lowest BCUT2D eigenvalue weighted by Gasteiger charge is -2.04. The molecule has 2 N–H and O–H groups in total. The summed E-state index contributed by atoms with van der Waals surface area (Å²) in [6, 6.07) is 5.03. The van der Waals surface area contributed by atoms with Crippen LogP contribution in [-0.2, 0) is 4.74 Å². The van der Waals surface area contributed by atoms with Gasteiger partial charge in [0.15, 0.2) is 11.5 Å². The van der Waals surface area contributed by atoms with Gasteiger partial charge in [0.1, 0.15) is 0 Å². The molecule has 2 heterocycles. The fraction of sp³-hybridized carbons (Fsp3) is 0.385. The predicted octanol–water partition coefficient (Wildman–Crippen LogP) is 1.32. The van der Waals surface area contributed by atoms with E-state index in [1.807, 2.05) is 0 Å². The van der Waals surface area contributed by atoms with Crippen LogP contribution in [-0.4, -0.2) is 44.4 Å². The fourth-order valence-electron chi connectivity index (χ4n) is 1.57. The molecule has 0 aliphatic carbocycles. The summed E-state index contributed by atoms with van der Waals surface area (Å²) in [5.74, 6) is 0.691. The Labute approximate surface area is 128 Å². The van der Waals surface area contributed by atoms with Crippen LogP contribution in [0.2, 0.25) is 0 Å². The van der Waals surface area contributed by atoms with Gasteiger partial charge in [0.05, 0.1) is 12.9 Å². The number of hydrogen-bond acceptors (Lipinski definition) is 6. The molecule has 0 aliphatic heterocycles. The molecule has 0 bridgehead atoms. The highest BCUT2D eigenvalue weighted by Crippen LogP contribution is 2.20. The average Bonchev–Trinajstić information content (AvgIpc) is 3.12. The van der Waals surface area contributed by atoms with Gasteiger partial charge in [-0.2, -0.15) is 0 Å². The molecule has 1 amide bonds. The van der Waals surface area contributed by atoms with E-state index in [0.29, 0.717) is 31.2 Å². The van der Waals surface area contributed by atoms with Crippen LogP contribution in [0.25, 0.3) is 11.5 Å². The molecule has 2 aromatic heterocycles. The minimum absolute atomic E-state index is 0.